The van der Waals surface area contributed by atoms with Gasteiger partial charge in [-0.15, -0.1) is 0 Å². The number of aromatic nitrogens is 1. The van der Waals surface area contributed by atoms with Crippen LogP contribution in [0, 0.1) is 0 Å². The summed E-state index contributed by atoms with van der Waals surface area (Å²) in [6.45, 7) is 0.0495. The zero-order valence-electron chi connectivity index (χ0n) is 11.8. The summed E-state index contributed by atoms with van der Waals surface area (Å²) >= 11 is 0. The highest BCUT2D eigenvalue weighted by molar-refractivity contribution is 5.96. The standard InChI is InChI=1S/C19H17NO/c21-12-16-18(13-6-2-1-3-7-13)15-8-4-5-9-17(15)20-19(16)14-10-11-14/h1-9,14,21H,10-12H2. The number of para-hydroxylation sites is 1. The lowest BCUT2D eigenvalue weighted by atomic mass is 9.93. The van der Waals surface area contributed by atoms with E-state index in [1.54, 1.807) is 0 Å². The highest BCUT2D eigenvalue weighted by atomic mass is 16.3. The van der Waals surface area contributed by atoms with Crippen LogP contribution in [-0.2, 0) is 6.61 Å². The van der Waals surface area contributed by atoms with Gasteiger partial charge in [0.1, 0.15) is 0 Å². The van der Waals surface area contributed by atoms with Gasteiger partial charge in [0, 0.05) is 16.9 Å². The summed E-state index contributed by atoms with van der Waals surface area (Å²) in [6, 6.07) is 18.6. The average molecular weight is 275 g/mol. The minimum absolute atomic E-state index is 0.0495. The van der Waals surface area contributed by atoms with Crippen molar-refractivity contribution >= 4 is 10.9 Å². The molecule has 0 saturated heterocycles. The van der Waals surface area contributed by atoms with E-state index < -0.39 is 0 Å². The van der Waals surface area contributed by atoms with Crippen molar-refractivity contribution in [2.24, 2.45) is 0 Å². The van der Waals surface area contributed by atoms with E-state index in [4.69, 9.17) is 4.98 Å². The third-order valence-electron chi connectivity index (χ3n) is 4.21. The average Bonchev–Trinajstić information content (AvgIpc) is 3.38. The van der Waals surface area contributed by atoms with Crippen LogP contribution in [0.25, 0.3) is 22.0 Å². The molecule has 0 radical (unpaired) electrons. The minimum Gasteiger partial charge on any atom is -0.392 e. The quantitative estimate of drug-likeness (QED) is 0.774. The lowest BCUT2D eigenvalue weighted by molar-refractivity contribution is 0.280. The summed E-state index contributed by atoms with van der Waals surface area (Å²) in [7, 11) is 0. The van der Waals surface area contributed by atoms with Crippen LogP contribution in [0.2, 0.25) is 0 Å². The molecule has 1 aromatic heterocycles. The predicted octanol–water partition coefficient (Wildman–Crippen LogP) is 4.27. The van der Waals surface area contributed by atoms with Crippen LogP contribution in [0.3, 0.4) is 0 Å². The maximum Gasteiger partial charge on any atom is 0.0711 e. The lowest BCUT2D eigenvalue weighted by Crippen LogP contribution is -2.01. The van der Waals surface area contributed by atoms with Crippen LogP contribution < -0.4 is 0 Å². The summed E-state index contributed by atoms with van der Waals surface area (Å²) in [5.74, 6) is 0.527. The van der Waals surface area contributed by atoms with Crippen molar-refractivity contribution in [3.63, 3.8) is 0 Å². The number of hydrogen-bond acceptors (Lipinski definition) is 2. The lowest BCUT2D eigenvalue weighted by Gasteiger charge is -2.16. The first-order valence-electron chi connectivity index (χ1n) is 7.46. The van der Waals surface area contributed by atoms with E-state index in [1.807, 2.05) is 30.3 Å². The van der Waals surface area contributed by atoms with E-state index in [9.17, 15) is 5.11 Å². The molecule has 0 amide bonds. The molecule has 1 aliphatic carbocycles. The van der Waals surface area contributed by atoms with Gasteiger partial charge in [0.15, 0.2) is 0 Å². The van der Waals surface area contributed by atoms with Crippen LogP contribution in [0.15, 0.2) is 54.6 Å². The number of benzene rings is 2. The highest BCUT2D eigenvalue weighted by Crippen LogP contribution is 2.44. The Bertz CT molecular complexity index is 791. The summed E-state index contributed by atoms with van der Waals surface area (Å²) in [5, 5.41) is 11.1. The Kier molecular flexibility index (Phi) is 2.97. The van der Waals surface area contributed by atoms with Gasteiger partial charge in [-0.3, -0.25) is 4.98 Å². The zero-order chi connectivity index (χ0) is 14.2. The molecule has 1 saturated carbocycles. The molecule has 0 bridgehead atoms. The van der Waals surface area contributed by atoms with Gasteiger partial charge in [0.25, 0.3) is 0 Å². The normalized spacial score (nSPS) is 14.5. The second-order valence-electron chi connectivity index (χ2n) is 5.67. The fourth-order valence-electron chi connectivity index (χ4n) is 3.06. The minimum atomic E-state index is 0.0495. The Balaban J connectivity index is 2.10. The molecule has 4 rings (SSSR count). The largest absolute Gasteiger partial charge is 0.392 e. The summed E-state index contributed by atoms with van der Waals surface area (Å²) in [4.78, 5) is 4.83. The van der Waals surface area contributed by atoms with Gasteiger partial charge in [0.2, 0.25) is 0 Å². The fraction of sp³-hybridized carbons (Fsp3) is 0.211. The summed E-state index contributed by atoms with van der Waals surface area (Å²) < 4.78 is 0. The van der Waals surface area contributed by atoms with E-state index in [0.717, 1.165) is 33.3 Å². The fourth-order valence-corrected chi connectivity index (χ4v) is 3.06. The second-order valence-corrected chi connectivity index (χ2v) is 5.67. The Morgan fingerprint density at radius 2 is 1.67 bits per heavy atom. The van der Waals surface area contributed by atoms with Crippen molar-refractivity contribution in [3.8, 4) is 11.1 Å². The number of hydrogen-bond donors (Lipinski definition) is 1. The number of nitrogens with zero attached hydrogens (tertiary/aromatic N) is 1. The third-order valence-corrected chi connectivity index (χ3v) is 4.21. The van der Waals surface area contributed by atoms with Gasteiger partial charge in [-0.1, -0.05) is 48.5 Å². The number of aliphatic hydroxyl groups is 1. The molecule has 1 aliphatic rings. The maximum atomic E-state index is 9.96. The third kappa shape index (κ3) is 2.12. The van der Waals surface area contributed by atoms with Crippen molar-refractivity contribution < 1.29 is 5.11 Å². The first kappa shape index (κ1) is 12.5. The first-order valence-corrected chi connectivity index (χ1v) is 7.46. The Hall–Kier alpha value is -2.19. The van der Waals surface area contributed by atoms with Gasteiger partial charge < -0.3 is 5.11 Å². The topological polar surface area (TPSA) is 33.1 Å². The molecule has 1 fully saturated rings. The van der Waals surface area contributed by atoms with Crippen molar-refractivity contribution in [2.75, 3.05) is 0 Å². The van der Waals surface area contributed by atoms with Crippen molar-refractivity contribution in [1.82, 2.24) is 4.98 Å². The first-order chi connectivity index (χ1) is 10.4. The Morgan fingerprint density at radius 3 is 2.38 bits per heavy atom. The van der Waals surface area contributed by atoms with Crippen molar-refractivity contribution in [2.45, 2.75) is 25.4 Å². The van der Waals surface area contributed by atoms with Crippen LogP contribution in [-0.4, -0.2) is 10.1 Å². The van der Waals surface area contributed by atoms with Gasteiger partial charge in [-0.25, -0.2) is 0 Å². The van der Waals surface area contributed by atoms with Crippen molar-refractivity contribution in [1.29, 1.82) is 0 Å². The molecule has 2 nitrogen and oxygen atoms in total. The molecular weight excluding hydrogens is 258 g/mol. The van der Waals surface area contributed by atoms with Crippen molar-refractivity contribution in [3.05, 3.63) is 65.9 Å². The molecule has 2 heteroatoms. The number of fused-ring (bicyclic) bond motifs is 1. The number of aliphatic hydroxyl groups excluding tert-OH is 1. The molecule has 104 valence electrons. The van der Waals surface area contributed by atoms with E-state index in [-0.39, 0.29) is 6.61 Å². The second kappa shape index (κ2) is 4.97. The molecule has 0 atom stereocenters. The van der Waals surface area contributed by atoms with E-state index >= 15 is 0 Å². The van der Waals surface area contributed by atoms with E-state index in [0.29, 0.717) is 5.92 Å². The van der Waals surface area contributed by atoms with Gasteiger partial charge in [-0.2, -0.15) is 0 Å². The molecule has 0 spiro atoms. The molecular formula is C19H17NO. The van der Waals surface area contributed by atoms with Crippen LogP contribution in [0.4, 0.5) is 0 Å². The van der Waals surface area contributed by atoms with Crippen LogP contribution in [0.1, 0.15) is 30.0 Å². The molecule has 0 unspecified atom stereocenters. The molecule has 3 aromatic rings. The van der Waals surface area contributed by atoms with Crippen LogP contribution in [0.5, 0.6) is 0 Å². The molecule has 0 aliphatic heterocycles. The zero-order valence-corrected chi connectivity index (χ0v) is 11.8. The Labute approximate surface area is 124 Å². The molecule has 21 heavy (non-hydrogen) atoms. The predicted molar refractivity (Wildman–Crippen MR) is 85.1 cm³/mol. The van der Waals surface area contributed by atoms with Gasteiger partial charge >= 0.3 is 0 Å². The van der Waals surface area contributed by atoms with E-state index in [1.165, 1.54) is 12.8 Å². The monoisotopic (exact) mass is 275 g/mol. The molecule has 2 aromatic carbocycles. The smallest absolute Gasteiger partial charge is 0.0711 e. The van der Waals surface area contributed by atoms with Gasteiger partial charge in [0.05, 0.1) is 17.8 Å². The van der Waals surface area contributed by atoms with E-state index in [2.05, 4.69) is 24.3 Å². The number of rotatable bonds is 3. The summed E-state index contributed by atoms with van der Waals surface area (Å²) in [6.07, 6.45) is 2.37. The maximum absolute atomic E-state index is 9.96. The SMILES string of the molecule is OCc1c(C2CC2)nc2ccccc2c1-c1ccccc1. The number of pyridine rings is 1. The Morgan fingerprint density at radius 1 is 0.952 bits per heavy atom. The summed E-state index contributed by atoms with van der Waals surface area (Å²) in [5.41, 5.74) is 5.42. The van der Waals surface area contributed by atoms with Crippen LogP contribution >= 0.6 is 0 Å². The van der Waals surface area contributed by atoms with Gasteiger partial charge in [-0.05, 0) is 30.0 Å². The molecule has 1 heterocycles. The molecule has 1 N–H and O–H groups in total. The highest BCUT2D eigenvalue weighted by Gasteiger charge is 2.29.